The number of anilines is 1. The predicted molar refractivity (Wildman–Crippen MR) is 71.5 cm³/mol. The van der Waals surface area contributed by atoms with Gasteiger partial charge < -0.3 is 14.9 Å². The predicted octanol–water partition coefficient (Wildman–Crippen LogP) is 0.807. The summed E-state index contributed by atoms with van der Waals surface area (Å²) in [5.74, 6) is 1.39. The van der Waals surface area contributed by atoms with Gasteiger partial charge in [0.05, 0.1) is 11.9 Å². The van der Waals surface area contributed by atoms with Crippen LogP contribution >= 0.6 is 0 Å². The maximum absolute atomic E-state index is 5.94. The van der Waals surface area contributed by atoms with Crippen molar-refractivity contribution in [1.29, 1.82) is 0 Å². The Labute approximate surface area is 110 Å². The van der Waals surface area contributed by atoms with E-state index < -0.39 is 0 Å². The fraction of sp³-hybridized carbons (Fsp3) is 0.333. The first-order chi connectivity index (χ1) is 9.09. The minimum atomic E-state index is 0.516. The van der Waals surface area contributed by atoms with Crippen molar-refractivity contribution in [2.24, 2.45) is 7.05 Å². The van der Waals surface area contributed by atoms with E-state index in [2.05, 4.69) is 24.7 Å². The average Bonchev–Trinajstić information content (AvgIpc) is 2.89. The number of nitrogen functional groups attached to an aromatic ring is 1. The van der Waals surface area contributed by atoms with Crippen molar-refractivity contribution in [3.63, 3.8) is 0 Å². The van der Waals surface area contributed by atoms with E-state index in [-0.39, 0.29) is 0 Å². The summed E-state index contributed by atoms with van der Waals surface area (Å²) in [5.41, 5.74) is 9.01. The first kappa shape index (κ1) is 11.6. The van der Waals surface area contributed by atoms with Gasteiger partial charge in [-0.2, -0.15) is 0 Å². The van der Waals surface area contributed by atoms with Crippen LogP contribution in [0.25, 0.3) is 11.0 Å². The Morgan fingerprint density at radius 3 is 2.74 bits per heavy atom. The van der Waals surface area contributed by atoms with Gasteiger partial charge >= 0.3 is 0 Å². The van der Waals surface area contributed by atoms with Crippen LogP contribution in [-0.4, -0.2) is 29.3 Å². The second-order valence-electron chi connectivity index (χ2n) is 4.61. The highest BCUT2D eigenvalue weighted by molar-refractivity contribution is 5.90. The molecule has 0 fully saturated rings. The second-order valence-corrected chi connectivity index (χ2v) is 4.61. The van der Waals surface area contributed by atoms with Gasteiger partial charge in [-0.1, -0.05) is 0 Å². The van der Waals surface area contributed by atoms with Gasteiger partial charge in [0, 0.05) is 12.7 Å². The molecule has 0 saturated carbocycles. The number of nitrogens with two attached hydrogens (primary N) is 1. The van der Waals surface area contributed by atoms with E-state index in [4.69, 9.17) is 5.73 Å². The molecule has 0 aliphatic rings. The van der Waals surface area contributed by atoms with Gasteiger partial charge in [0.1, 0.15) is 24.1 Å². The van der Waals surface area contributed by atoms with Crippen molar-refractivity contribution in [2.75, 3.05) is 5.73 Å². The molecule has 3 rings (SSSR count). The van der Waals surface area contributed by atoms with Gasteiger partial charge in [-0.05, 0) is 19.4 Å². The topological polar surface area (TPSA) is 87.4 Å². The fourth-order valence-electron chi connectivity index (χ4n) is 2.28. The van der Waals surface area contributed by atoms with Gasteiger partial charge in [-0.3, -0.25) is 0 Å². The molecule has 2 N–H and O–H groups in total. The summed E-state index contributed by atoms with van der Waals surface area (Å²) in [6.07, 6.45) is 3.18. The van der Waals surface area contributed by atoms with Crippen molar-refractivity contribution in [3.05, 3.63) is 29.7 Å². The van der Waals surface area contributed by atoms with E-state index in [0.29, 0.717) is 12.4 Å². The monoisotopic (exact) mass is 257 g/mol. The molecule has 0 aliphatic heterocycles. The molecule has 7 heteroatoms. The van der Waals surface area contributed by atoms with Crippen molar-refractivity contribution >= 4 is 16.9 Å². The minimum absolute atomic E-state index is 0.516. The molecule has 0 radical (unpaired) electrons. The van der Waals surface area contributed by atoms with Crippen LogP contribution in [0.5, 0.6) is 0 Å². The molecule has 3 aromatic rings. The number of nitrogens with zero attached hydrogens (tertiary/aromatic N) is 6. The zero-order valence-corrected chi connectivity index (χ0v) is 11.1. The van der Waals surface area contributed by atoms with E-state index in [1.54, 1.807) is 6.33 Å². The Hall–Kier alpha value is -2.44. The lowest BCUT2D eigenvalue weighted by atomic mass is 10.2. The number of rotatable bonds is 2. The van der Waals surface area contributed by atoms with E-state index >= 15 is 0 Å². The molecule has 98 valence electrons. The minimum Gasteiger partial charge on any atom is -0.383 e. The molecule has 3 heterocycles. The number of hydrogen-bond donors (Lipinski definition) is 1. The lowest BCUT2D eigenvalue weighted by Crippen LogP contribution is -2.08. The third kappa shape index (κ3) is 1.66. The summed E-state index contributed by atoms with van der Waals surface area (Å²) in [7, 11) is 1.92. The van der Waals surface area contributed by atoms with Crippen LogP contribution < -0.4 is 5.73 Å². The quantitative estimate of drug-likeness (QED) is 0.734. The van der Waals surface area contributed by atoms with Crippen LogP contribution in [0.15, 0.2) is 12.7 Å². The van der Waals surface area contributed by atoms with Crippen LogP contribution in [-0.2, 0) is 13.6 Å². The molecular weight excluding hydrogens is 242 g/mol. The molecule has 0 atom stereocenters. The standard InChI is InChI=1S/C12H15N7/c1-7-8(2)19(4-9-17-16-6-18(9)3)12-10(7)11(13)14-5-15-12/h5-6H,4H2,1-3H3,(H2,13,14,15). The Bertz CT molecular complexity index is 753. The average molecular weight is 257 g/mol. The lowest BCUT2D eigenvalue weighted by Gasteiger charge is -2.06. The second kappa shape index (κ2) is 4.04. The van der Waals surface area contributed by atoms with Gasteiger partial charge in [-0.15, -0.1) is 10.2 Å². The van der Waals surface area contributed by atoms with Gasteiger partial charge in [0.25, 0.3) is 0 Å². The fourth-order valence-corrected chi connectivity index (χ4v) is 2.28. The zero-order valence-electron chi connectivity index (χ0n) is 11.1. The molecule has 19 heavy (non-hydrogen) atoms. The third-order valence-electron chi connectivity index (χ3n) is 3.54. The molecule has 0 saturated heterocycles. The first-order valence-electron chi connectivity index (χ1n) is 5.98. The highest BCUT2D eigenvalue weighted by atomic mass is 15.3. The number of fused-ring (bicyclic) bond motifs is 1. The van der Waals surface area contributed by atoms with E-state index in [9.17, 15) is 0 Å². The summed E-state index contributed by atoms with van der Waals surface area (Å²) in [6.45, 7) is 4.69. The van der Waals surface area contributed by atoms with Crippen LogP contribution in [0.4, 0.5) is 5.82 Å². The SMILES string of the molecule is Cc1c(C)n(Cc2nncn2C)c2ncnc(N)c12. The largest absolute Gasteiger partial charge is 0.383 e. The summed E-state index contributed by atoms with van der Waals surface area (Å²) in [6, 6.07) is 0. The van der Waals surface area contributed by atoms with E-state index in [1.165, 1.54) is 6.33 Å². The Kier molecular flexibility index (Phi) is 2.48. The van der Waals surface area contributed by atoms with Gasteiger partial charge in [0.2, 0.25) is 0 Å². The maximum atomic E-state index is 5.94. The van der Waals surface area contributed by atoms with Crippen molar-refractivity contribution in [1.82, 2.24) is 29.3 Å². The first-order valence-corrected chi connectivity index (χ1v) is 5.98. The van der Waals surface area contributed by atoms with Gasteiger partial charge in [0.15, 0.2) is 5.82 Å². The molecule has 7 nitrogen and oxygen atoms in total. The van der Waals surface area contributed by atoms with E-state index in [0.717, 1.165) is 28.1 Å². The molecule has 0 aliphatic carbocycles. The summed E-state index contributed by atoms with van der Waals surface area (Å²) in [4.78, 5) is 8.41. The molecule has 0 amide bonds. The number of aryl methyl sites for hydroxylation is 2. The normalized spacial score (nSPS) is 11.3. The summed E-state index contributed by atoms with van der Waals surface area (Å²) < 4.78 is 3.98. The molecule has 0 spiro atoms. The molecule has 3 aromatic heterocycles. The van der Waals surface area contributed by atoms with Crippen LogP contribution in [0, 0.1) is 13.8 Å². The smallest absolute Gasteiger partial charge is 0.152 e. The molecule has 0 unspecified atom stereocenters. The Morgan fingerprint density at radius 2 is 2.05 bits per heavy atom. The number of hydrogen-bond acceptors (Lipinski definition) is 5. The summed E-state index contributed by atoms with van der Waals surface area (Å²) >= 11 is 0. The van der Waals surface area contributed by atoms with Crippen molar-refractivity contribution < 1.29 is 0 Å². The van der Waals surface area contributed by atoms with Crippen LogP contribution in [0.2, 0.25) is 0 Å². The highest BCUT2D eigenvalue weighted by Crippen LogP contribution is 2.27. The van der Waals surface area contributed by atoms with Crippen molar-refractivity contribution in [3.8, 4) is 0 Å². The maximum Gasteiger partial charge on any atom is 0.152 e. The molecular formula is C12H15N7. The Balaban J connectivity index is 2.22. The number of aromatic nitrogens is 6. The van der Waals surface area contributed by atoms with Crippen LogP contribution in [0.3, 0.4) is 0 Å². The molecule has 0 aromatic carbocycles. The lowest BCUT2D eigenvalue weighted by molar-refractivity contribution is 0.696. The van der Waals surface area contributed by atoms with E-state index in [1.807, 2.05) is 25.5 Å². The Morgan fingerprint density at radius 1 is 1.26 bits per heavy atom. The highest BCUT2D eigenvalue weighted by Gasteiger charge is 2.16. The zero-order chi connectivity index (χ0) is 13.6. The third-order valence-corrected chi connectivity index (χ3v) is 3.54. The van der Waals surface area contributed by atoms with Gasteiger partial charge in [-0.25, -0.2) is 9.97 Å². The summed E-state index contributed by atoms with van der Waals surface area (Å²) in [5, 5.41) is 8.92. The molecule has 0 bridgehead atoms. The van der Waals surface area contributed by atoms with Crippen LogP contribution in [0.1, 0.15) is 17.1 Å². The van der Waals surface area contributed by atoms with Crippen molar-refractivity contribution in [2.45, 2.75) is 20.4 Å².